The van der Waals surface area contributed by atoms with E-state index in [9.17, 15) is 0 Å². The fraction of sp³-hybridized carbons (Fsp3) is 0.429. The molecule has 19 heavy (non-hydrogen) atoms. The molecule has 1 aliphatic rings. The second-order valence-corrected chi connectivity index (χ2v) is 4.81. The maximum atomic E-state index is 5.46. The number of hydrogen-bond donors (Lipinski definition) is 1. The molecular weight excluding hydrogens is 240 g/mol. The normalized spacial score (nSPS) is 15.7. The fourth-order valence-corrected chi connectivity index (χ4v) is 2.43. The van der Waals surface area contributed by atoms with E-state index in [4.69, 9.17) is 10.3 Å². The Kier molecular flexibility index (Phi) is 3.46. The molecule has 0 atom stereocenters. The summed E-state index contributed by atoms with van der Waals surface area (Å²) in [7, 11) is 0. The van der Waals surface area contributed by atoms with Gasteiger partial charge in [0.15, 0.2) is 0 Å². The smallest absolute Gasteiger partial charge is 0.240 e. The summed E-state index contributed by atoms with van der Waals surface area (Å²) in [4.78, 5) is 6.65. The average Bonchev–Trinajstić information content (AvgIpc) is 2.97. The molecule has 0 amide bonds. The number of nitrogens with two attached hydrogens (primary N) is 1. The van der Waals surface area contributed by atoms with Crippen LogP contribution in [-0.4, -0.2) is 23.2 Å². The van der Waals surface area contributed by atoms with Crippen LogP contribution in [0.3, 0.4) is 0 Å². The predicted molar refractivity (Wildman–Crippen MR) is 73.7 cm³/mol. The highest BCUT2D eigenvalue weighted by molar-refractivity contribution is 5.60. The molecule has 0 aliphatic carbocycles. The van der Waals surface area contributed by atoms with E-state index in [2.05, 4.69) is 27.2 Å². The minimum Gasteiger partial charge on any atom is -0.372 e. The van der Waals surface area contributed by atoms with Gasteiger partial charge in [0.1, 0.15) is 0 Å². The zero-order valence-electron chi connectivity index (χ0n) is 10.9. The van der Waals surface area contributed by atoms with Gasteiger partial charge in [-0.05, 0) is 43.5 Å². The predicted octanol–water partition coefficient (Wildman–Crippen LogP) is 2.19. The van der Waals surface area contributed by atoms with Crippen molar-refractivity contribution in [3.8, 4) is 11.4 Å². The molecule has 1 aromatic carbocycles. The van der Waals surface area contributed by atoms with Crippen molar-refractivity contribution in [2.75, 3.05) is 18.0 Å². The molecule has 1 aliphatic heterocycles. The van der Waals surface area contributed by atoms with Crippen molar-refractivity contribution in [3.05, 3.63) is 30.2 Å². The van der Waals surface area contributed by atoms with Gasteiger partial charge in [0.05, 0.1) is 6.54 Å². The lowest BCUT2D eigenvalue weighted by molar-refractivity contribution is 0.380. The molecule has 2 N–H and O–H groups in total. The standard InChI is InChI=1S/C14H18N4O/c15-10-13-16-14(17-19-13)11-4-6-12(7-5-11)18-8-2-1-3-9-18/h4-7H,1-3,8-10,15H2. The third-order valence-electron chi connectivity index (χ3n) is 3.49. The topological polar surface area (TPSA) is 68.2 Å². The van der Waals surface area contributed by atoms with Gasteiger partial charge >= 0.3 is 0 Å². The van der Waals surface area contributed by atoms with Crippen molar-refractivity contribution in [2.45, 2.75) is 25.8 Å². The Morgan fingerprint density at radius 1 is 1.11 bits per heavy atom. The van der Waals surface area contributed by atoms with E-state index in [0.29, 0.717) is 11.7 Å². The maximum Gasteiger partial charge on any atom is 0.240 e. The van der Waals surface area contributed by atoms with Crippen LogP contribution in [0.2, 0.25) is 0 Å². The third-order valence-corrected chi connectivity index (χ3v) is 3.49. The number of rotatable bonds is 3. The molecule has 5 heteroatoms. The van der Waals surface area contributed by atoms with Gasteiger partial charge in [0.2, 0.25) is 11.7 Å². The van der Waals surface area contributed by atoms with Gasteiger partial charge in [0, 0.05) is 24.3 Å². The number of piperidine rings is 1. The zero-order chi connectivity index (χ0) is 13.1. The lowest BCUT2D eigenvalue weighted by Crippen LogP contribution is -2.29. The van der Waals surface area contributed by atoms with Crippen LogP contribution in [0.1, 0.15) is 25.2 Å². The fourth-order valence-electron chi connectivity index (χ4n) is 2.43. The number of anilines is 1. The Morgan fingerprint density at radius 3 is 2.47 bits per heavy atom. The van der Waals surface area contributed by atoms with E-state index in [1.807, 2.05) is 12.1 Å². The molecule has 1 fully saturated rings. The SMILES string of the molecule is NCc1nc(-c2ccc(N3CCCCC3)cc2)no1. The van der Waals surface area contributed by atoms with Crippen LogP contribution in [-0.2, 0) is 6.54 Å². The summed E-state index contributed by atoms with van der Waals surface area (Å²) in [6.45, 7) is 2.58. The molecule has 5 nitrogen and oxygen atoms in total. The van der Waals surface area contributed by atoms with Crippen LogP contribution in [0.25, 0.3) is 11.4 Å². The molecule has 0 bridgehead atoms. The highest BCUT2D eigenvalue weighted by atomic mass is 16.5. The van der Waals surface area contributed by atoms with Gasteiger partial charge in [-0.25, -0.2) is 0 Å². The van der Waals surface area contributed by atoms with Crippen LogP contribution in [0.5, 0.6) is 0 Å². The van der Waals surface area contributed by atoms with Crippen LogP contribution < -0.4 is 10.6 Å². The first-order chi connectivity index (χ1) is 9.36. The summed E-state index contributed by atoms with van der Waals surface area (Å²) in [5, 5.41) is 3.92. The minimum atomic E-state index is 0.277. The highest BCUT2D eigenvalue weighted by Gasteiger charge is 2.12. The van der Waals surface area contributed by atoms with Gasteiger partial charge in [0.25, 0.3) is 0 Å². The molecule has 2 heterocycles. The first kappa shape index (κ1) is 12.2. The Bertz CT molecular complexity index is 529. The largest absolute Gasteiger partial charge is 0.372 e. The quantitative estimate of drug-likeness (QED) is 0.914. The molecule has 100 valence electrons. The average molecular weight is 258 g/mol. The van der Waals surface area contributed by atoms with Crippen molar-refractivity contribution in [1.29, 1.82) is 0 Å². The Labute approximate surface area is 112 Å². The van der Waals surface area contributed by atoms with Gasteiger partial charge in [-0.3, -0.25) is 0 Å². The van der Waals surface area contributed by atoms with Gasteiger partial charge in [-0.15, -0.1) is 0 Å². The second kappa shape index (κ2) is 5.40. The zero-order valence-corrected chi connectivity index (χ0v) is 10.9. The van der Waals surface area contributed by atoms with E-state index >= 15 is 0 Å². The maximum absolute atomic E-state index is 5.46. The van der Waals surface area contributed by atoms with Crippen LogP contribution in [0, 0.1) is 0 Å². The van der Waals surface area contributed by atoms with Gasteiger partial charge < -0.3 is 15.2 Å². The number of aromatic nitrogens is 2. The monoisotopic (exact) mass is 258 g/mol. The van der Waals surface area contributed by atoms with Crippen LogP contribution in [0.15, 0.2) is 28.8 Å². The highest BCUT2D eigenvalue weighted by Crippen LogP contribution is 2.23. The molecule has 0 spiro atoms. The number of benzene rings is 1. The molecule has 0 radical (unpaired) electrons. The van der Waals surface area contributed by atoms with Gasteiger partial charge in [-0.1, -0.05) is 5.16 Å². The minimum absolute atomic E-state index is 0.277. The van der Waals surface area contributed by atoms with Crippen molar-refractivity contribution in [3.63, 3.8) is 0 Å². The second-order valence-electron chi connectivity index (χ2n) is 4.81. The van der Waals surface area contributed by atoms with E-state index in [0.717, 1.165) is 18.7 Å². The molecule has 2 aromatic rings. The summed E-state index contributed by atoms with van der Waals surface area (Å²) in [5.41, 5.74) is 7.69. The molecule has 1 saturated heterocycles. The summed E-state index contributed by atoms with van der Waals surface area (Å²) in [6, 6.07) is 8.32. The van der Waals surface area contributed by atoms with Crippen LogP contribution >= 0.6 is 0 Å². The van der Waals surface area contributed by atoms with Crippen LogP contribution in [0.4, 0.5) is 5.69 Å². The molecule has 1 aromatic heterocycles. The summed E-state index contributed by atoms with van der Waals surface area (Å²) in [6.07, 6.45) is 3.91. The molecule has 0 saturated carbocycles. The van der Waals surface area contributed by atoms with E-state index in [-0.39, 0.29) is 6.54 Å². The molecule has 3 rings (SSSR count). The van der Waals surface area contributed by atoms with Crippen molar-refractivity contribution in [2.24, 2.45) is 5.73 Å². The van der Waals surface area contributed by atoms with E-state index < -0.39 is 0 Å². The van der Waals surface area contributed by atoms with E-state index in [1.165, 1.54) is 24.9 Å². The Morgan fingerprint density at radius 2 is 1.84 bits per heavy atom. The summed E-state index contributed by atoms with van der Waals surface area (Å²) in [5.74, 6) is 1.07. The summed E-state index contributed by atoms with van der Waals surface area (Å²) >= 11 is 0. The third kappa shape index (κ3) is 2.61. The first-order valence-corrected chi connectivity index (χ1v) is 6.75. The van der Waals surface area contributed by atoms with Crippen molar-refractivity contribution < 1.29 is 4.52 Å². The summed E-state index contributed by atoms with van der Waals surface area (Å²) < 4.78 is 5.02. The van der Waals surface area contributed by atoms with E-state index in [1.54, 1.807) is 0 Å². The molecule has 0 unspecified atom stereocenters. The van der Waals surface area contributed by atoms with Crippen molar-refractivity contribution >= 4 is 5.69 Å². The van der Waals surface area contributed by atoms with Gasteiger partial charge in [-0.2, -0.15) is 4.98 Å². The Balaban J connectivity index is 1.78. The first-order valence-electron chi connectivity index (χ1n) is 6.75. The number of nitrogens with zero attached hydrogens (tertiary/aromatic N) is 3. The molecular formula is C14H18N4O. The number of hydrogen-bond acceptors (Lipinski definition) is 5. The van der Waals surface area contributed by atoms with Crippen molar-refractivity contribution in [1.82, 2.24) is 10.1 Å². The lowest BCUT2D eigenvalue weighted by atomic mass is 10.1. The Hall–Kier alpha value is -1.88. The lowest BCUT2D eigenvalue weighted by Gasteiger charge is -2.28.